The van der Waals surface area contributed by atoms with Crippen LogP contribution in [0.1, 0.15) is 25.7 Å². The molecule has 0 unspecified atom stereocenters. The van der Waals surface area contributed by atoms with Gasteiger partial charge in [0.25, 0.3) is 0 Å². The molecule has 0 saturated carbocycles. The SMILES string of the molecule is [NH]C(=N)NCCCCCC(=O)O. The van der Waals surface area contributed by atoms with E-state index in [0.29, 0.717) is 13.0 Å². The monoisotopic (exact) mass is 172 g/mol. The number of rotatable bonds is 6. The largest absolute Gasteiger partial charge is 0.481 e. The van der Waals surface area contributed by atoms with Gasteiger partial charge in [0.05, 0.1) is 0 Å². The maximum Gasteiger partial charge on any atom is 0.303 e. The van der Waals surface area contributed by atoms with E-state index in [1.165, 1.54) is 0 Å². The quantitative estimate of drug-likeness (QED) is 0.308. The molecule has 0 rings (SSSR count). The number of carboxylic acids is 1. The van der Waals surface area contributed by atoms with Gasteiger partial charge < -0.3 is 10.4 Å². The zero-order valence-electron chi connectivity index (χ0n) is 6.89. The highest BCUT2D eigenvalue weighted by Gasteiger charge is 1.95. The first kappa shape index (κ1) is 10.7. The molecule has 0 heterocycles. The molecule has 0 aliphatic heterocycles. The average molecular weight is 172 g/mol. The zero-order valence-corrected chi connectivity index (χ0v) is 6.89. The van der Waals surface area contributed by atoms with E-state index < -0.39 is 5.97 Å². The maximum atomic E-state index is 10.1. The van der Waals surface area contributed by atoms with Gasteiger partial charge in [0.1, 0.15) is 0 Å². The van der Waals surface area contributed by atoms with Crippen molar-refractivity contribution in [1.82, 2.24) is 11.1 Å². The van der Waals surface area contributed by atoms with E-state index in [9.17, 15) is 4.79 Å². The Labute approximate surface area is 71.5 Å². The minimum absolute atomic E-state index is 0.207. The predicted octanol–water partition coefficient (Wildman–Crippen LogP) is 0.439. The van der Waals surface area contributed by atoms with Crippen LogP contribution in [-0.4, -0.2) is 23.6 Å². The fourth-order valence-electron chi connectivity index (χ4n) is 0.791. The summed E-state index contributed by atoms with van der Waals surface area (Å²) in [6, 6.07) is 0. The number of hydrogen-bond donors (Lipinski definition) is 3. The van der Waals surface area contributed by atoms with Crippen molar-refractivity contribution in [3.63, 3.8) is 0 Å². The van der Waals surface area contributed by atoms with Gasteiger partial charge in [0.2, 0.25) is 5.96 Å². The number of carboxylic acid groups (broad SMARTS) is 1. The highest BCUT2D eigenvalue weighted by molar-refractivity contribution is 5.73. The van der Waals surface area contributed by atoms with Gasteiger partial charge in [-0.3, -0.25) is 15.9 Å². The summed E-state index contributed by atoms with van der Waals surface area (Å²) < 4.78 is 0. The third kappa shape index (κ3) is 8.74. The van der Waals surface area contributed by atoms with Gasteiger partial charge in [-0.25, -0.2) is 0 Å². The molecule has 0 aliphatic carbocycles. The summed E-state index contributed by atoms with van der Waals surface area (Å²) in [5.74, 6) is -1.05. The summed E-state index contributed by atoms with van der Waals surface area (Å²) in [5.41, 5.74) is 6.70. The molecule has 1 radical (unpaired) electrons. The second-order valence-corrected chi connectivity index (χ2v) is 2.51. The van der Waals surface area contributed by atoms with E-state index in [0.717, 1.165) is 12.8 Å². The average Bonchev–Trinajstić information content (AvgIpc) is 1.95. The maximum absolute atomic E-state index is 10.1. The van der Waals surface area contributed by atoms with Crippen LogP contribution in [0.25, 0.3) is 0 Å². The van der Waals surface area contributed by atoms with E-state index in [1.807, 2.05) is 0 Å². The molecule has 0 saturated heterocycles. The van der Waals surface area contributed by atoms with Crippen LogP contribution in [0.15, 0.2) is 0 Å². The number of unbranched alkanes of at least 4 members (excludes halogenated alkanes) is 2. The molecule has 5 nitrogen and oxygen atoms in total. The molecule has 0 aromatic heterocycles. The van der Waals surface area contributed by atoms with Crippen LogP contribution in [-0.2, 0) is 4.79 Å². The highest BCUT2D eigenvalue weighted by atomic mass is 16.4. The van der Waals surface area contributed by atoms with E-state index in [-0.39, 0.29) is 12.4 Å². The lowest BCUT2D eigenvalue weighted by molar-refractivity contribution is -0.137. The summed E-state index contributed by atoms with van der Waals surface area (Å²) >= 11 is 0. The second kappa shape index (κ2) is 6.45. The second-order valence-electron chi connectivity index (χ2n) is 2.51. The summed E-state index contributed by atoms with van der Waals surface area (Å²) in [7, 11) is 0. The predicted molar refractivity (Wildman–Crippen MR) is 44.9 cm³/mol. The van der Waals surface area contributed by atoms with Crippen LogP contribution in [0.2, 0.25) is 0 Å². The van der Waals surface area contributed by atoms with Gasteiger partial charge in [-0.05, 0) is 12.8 Å². The normalized spacial score (nSPS) is 9.33. The van der Waals surface area contributed by atoms with Gasteiger partial charge in [-0.1, -0.05) is 6.42 Å². The Balaban J connectivity index is 3.01. The first-order valence-corrected chi connectivity index (χ1v) is 3.88. The first-order valence-electron chi connectivity index (χ1n) is 3.88. The van der Waals surface area contributed by atoms with Crippen LogP contribution in [0.4, 0.5) is 0 Å². The van der Waals surface area contributed by atoms with Crippen molar-refractivity contribution in [2.45, 2.75) is 25.7 Å². The Morgan fingerprint density at radius 2 is 2.00 bits per heavy atom. The van der Waals surface area contributed by atoms with Crippen LogP contribution in [0, 0.1) is 5.41 Å². The molecule has 69 valence electrons. The third-order valence-corrected chi connectivity index (χ3v) is 1.37. The minimum Gasteiger partial charge on any atom is -0.481 e. The van der Waals surface area contributed by atoms with E-state index in [1.54, 1.807) is 0 Å². The van der Waals surface area contributed by atoms with Gasteiger partial charge in [0.15, 0.2) is 0 Å². The molecule has 0 amide bonds. The lowest BCUT2D eigenvalue weighted by atomic mass is 10.2. The molecule has 5 heteroatoms. The van der Waals surface area contributed by atoms with E-state index >= 15 is 0 Å². The molecular formula is C7H14N3O2. The first-order chi connectivity index (χ1) is 5.63. The van der Waals surface area contributed by atoms with Gasteiger partial charge in [-0.15, -0.1) is 0 Å². The minimum atomic E-state index is -0.767. The summed E-state index contributed by atoms with van der Waals surface area (Å²) in [4.78, 5) is 10.1. The van der Waals surface area contributed by atoms with Crippen molar-refractivity contribution in [1.29, 1.82) is 5.41 Å². The van der Waals surface area contributed by atoms with Crippen LogP contribution < -0.4 is 11.1 Å². The molecule has 0 bridgehead atoms. The summed E-state index contributed by atoms with van der Waals surface area (Å²) in [6.07, 6.45) is 2.52. The lowest BCUT2D eigenvalue weighted by Gasteiger charge is -2.00. The van der Waals surface area contributed by atoms with E-state index in [2.05, 4.69) is 5.32 Å². The Bertz CT molecular complexity index is 141. The Morgan fingerprint density at radius 3 is 2.50 bits per heavy atom. The highest BCUT2D eigenvalue weighted by Crippen LogP contribution is 1.98. The van der Waals surface area contributed by atoms with E-state index in [4.69, 9.17) is 16.2 Å². The smallest absolute Gasteiger partial charge is 0.303 e. The molecule has 0 aromatic carbocycles. The van der Waals surface area contributed by atoms with Crippen LogP contribution in [0.5, 0.6) is 0 Å². The molecule has 0 atom stereocenters. The van der Waals surface area contributed by atoms with Crippen LogP contribution in [0.3, 0.4) is 0 Å². The molecule has 4 N–H and O–H groups in total. The molecule has 12 heavy (non-hydrogen) atoms. The van der Waals surface area contributed by atoms with Crippen molar-refractivity contribution in [2.24, 2.45) is 0 Å². The standard InChI is InChI=1S/C7H14N3O2/c8-7(9)10-5-3-1-2-4-6(11)12/h8H,1-5H2,(H2,9,10)(H,11,12). The summed E-state index contributed by atoms with van der Waals surface area (Å²) in [6.45, 7) is 0.585. The fourth-order valence-corrected chi connectivity index (χ4v) is 0.791. The van der Waals surface area contributed by atoms with Gasteiger partial charge in [-0.2, -0.15) is 0 Å². The number of guanidine groups is 1. The van der Waals surface area contributed by atoms with Crippen molar-refractivity contribution in [3.8, 4) is 0 Å². The Morgan fingerprint density at radius 1 is 1.33 bits per heavy atom. The van der Waals surface area contributed by atoms with Crippen molar-refractivity contribution >= 4 is 11.9 Å². The van der Waals surface area contributed by atoms with Crippen molar-refractivity contribution < 1.29 is 9.90 Å². The topological polar surface area (TPSA) is 97.0 Å². The fraction of sp³-hybridized carbons (Fsp3) is 0.714. The molecular weight excluding hydrogens is 158 g/mol. The van der Waals surface area contributed by atoms with Crippen molar-refractivity contribution in [3.05, 3.63) is 0 Å². The number of nitrogens with one attached hydrogen (secondary N) is 3. The lowest BCUT2D eigenvalue weighted by Crippen LogP contribution is -2.24. The van der Waals surface area contributed by atoms with Crippen LogP contribution >= 0.6 is 0 Å². The number of hydrogen-bond acceptors (Lipinski definition) is 2. The van der Waals surface area contributed by atoms with Gasteiger partial charge in [0, 0.05) is 13.0 Å². The number of carbonyl (C=O) groups is 1. The third-order valence-electron chi connectivity index (χ3n) is 1.37. The number of aliphatic carboxylic acids is 1. The van der Waals surface area contributed by atoms with Crippen molar-refractivity contribution in [2.75, 3.05) is 6.54 Å². The molecule has 0 fully saturated rings. The Kier molecular flexibility index (Phi) is 5.77. The Hall–Kier alpha value is -1.26. The summed E-state index contributed by atoms with van der Waals surface area (Å²) in [5, 5.41) is 17.5. The molecule has 0 aliphatic rings. The van der Waals surface area contributed by atoms with Gasteiger partial charge >= 0.3 is 5.97 Å². The molecule has 0 spiro atoms. The molecule has 0 aromatic rings. The zero-order chi connectivity index (χ0) is 9.40.